The summed E-state index contributed by atoms with van der Waals surface area (Å²) in [6.07, 6.45) is 5.81. The Morgan fingerprint density at radius 1 is 1.07 bits per heavy atom. The second kappa shape index (κ2) is 8.27. The van der Waals surface area contributed by atoms with Crippen molar-refractivity contribution in [3.8, 4) is 0 Å². The highest BCUT2D eigenvalue weighted by atomic mass is 18.2. The lowest BCUT2D eigenvalue weighted by Crippen LogP contribution is -2.33. The first kappa shape index (κ1) is 18.9. The monoisotopic (exact) mass is 377 g/mol. The molecule has 3 nitrogen and oxygen atoms in total. The van der Waals surface area contributed by atoms with E-state index in [0.717, 1.165) is 60.9 Å². The first-order valence-corrected chi connectivity index (χ1v) is 10.1. The van der Waals surface area contributed by atoms with Crippen molar-refractivity contribution in [3.05, 3.63) is 71.7 Å². The molecule has 0 amide bonds. The molecule has 1 saturated heterocycles. The maximum atomic E-state index is 13.0. The van der Waals surface area contributed by atoms with Crippen LogP contribution in [0.3, 0.4) is 0 Å². The highest BCUT2D eigenvalue weighted by Crippen LogP contribution is 2.26. The van der Waals surface area contributed by atoms with Gasteiger partial charge in [0.2, 0.25) is 0 Å². The fourth-order valence-electron chi connectivity index (χ4n) is 4.32. The molecule has 0 aliphatic carbocycles. The predicted octanol–water partition coefficient (Wildman–Crippen LogP) is 5.19. The highest BCUT2D eigenvalue weighted by molar-refractivity contribution is 6.08. The Bertz CT molecular complexity index is 952. The number of nitrogens with zero attached hydrogens (tertiary/aromatic N) is 2. The molecule has 0 N–H and O–H groups in total. The van der Waals surface area contributed by atoms with Crippen LogP contribution in [0, 0.1) is 11.7 Å². The van der Waals surface area contributed by atoms with Crippen LogP contribution >= 0.6 is 0 Å². The summed E-state index contributed by atoms with van der Waals surface area (Å²) in [4.78, 5) is 15.2. The summed E-state index contributed by atoms with van der Waals surface area (Å²) in [5.74, 6) is 0.687. The Morgan fingerprint density at radius 3 is 2.54 bits per heavy atom. The smallest absolute Gasteiger partial charge is 0.165 e. The van der Waals surface area contributed by atoms with Crippen LogP contribution in [-0.4, -0.2) is 28.3 Å². The fraction of sp³-hybridized carbons (Fsp3) is 0.375. The van der Waals surface area contributed by atoms with Crippen molar-refractivity contribution in [1.29, 1.82) is 0 Å². The van der Waals surface area contributed by atoms with E-state index in [9.17, 15) is 9.18 Å². The van der Waals surface area contributed by atoms with Gasteiger partial charge in [0.05, 0.1) is 0 Å². The van der Waals surface area contributed by atoms with Crippen LogP contribution in [0.15, 0.2) is 54.7 Å². The maximum absolute atomic E-state index is 13.0. The van der Waals surface area contributed by atoms with Gasteiger partial charge in [-0.15, -0.1) is 0 Å². The Balaban J connectivity index is 1.28. The number of carbonyl (C=O) groups excluding carboxylic acids is 1. The van der Waals surface area contributed by atoms with Crippen LogP contribution in [-0.2, 0) is 13.6 Å². The zero-order valence-corrected chi connectivity index (χ0v) is 16.4. The molecular formula is C24H27FN2O. The number of piperidine rings is 1. The van der Waals surface area contributed by atoms with E-state index in [-0.39, 0.29) is 11.6 Å². The normalized spacial score (nSPS) is 15.9. The molecule has 4 rings (SSSR count). The molecule has 1 aliphatic heterocycles. The third kappa shape index (κ3) is 4.17. The van der Waals surface area contributed by atoms with Crippen molar-refractivity contribution >= 4 is 16.7 Å². The molecule has 2 heterocycles. The van der Waals surface area contributed by atoms with E-state index in [2.05, 4.69) is 11.0 Å². The number of Topliss-reactive ketones (excluding diaryl/α,β-unsaturated/α-hetero) is 1. The second-order valence-corrected chi connectivity index (χ2v) is 7.98. The van der Waals surface area contributed by atoms with Crippen LogP contribution in [0.5, 0.6) is 0 Å². The minimum absolute atomic E-state index is 0.182. The lowest BCUT2D eigenvalue weighted by Gasteiger charge is -2.32. The highest BCUT2D eigenvalue weighted by Gasteiger charge is 2.21. The van der Waals surface area contributed by atoms with Gasteiger partial charge in [-0.25, -0.2) is 4.39 Å². The maximum Gasteiger partial charge on any atom is 0.165 e. The second-order valence-electron chi connectivity index (χ2n) is 7.98. The molecule has 1 fully saturated rings. The van der Waals surface area contributed by atoms with Crippen molar-refractivity contribution < 1.29 is 9.18 Å². The molecule has 2 aromatic carbocycles. The number of para-hydroxylation sites is 1. The molecule has 146 valence electrons. The molecule has 3 aromatic rings. The van der Waals surface area contributed by atoms with Gasteiger partial charge in [-0.2, -0.15) is 0 Å². The van der Waals surface area contributed by atoms with Gasteiger partial charge < -0.3 is 4.57 Å². The molecule has 4 heteroatoms. The molecule has 0 unspecified atom stereocenters. The topological polar surface area (TPSA) is 25.2 Å². The summed E-state index contributed by atoms with van der Waals surface area (Å²) in [6, 6.07) is 14.9. The number of hydrogen-bond donors (Lipinski definition) is 0. The fourth-order valence-corrected chi connectivity index (χ4v) is 4.32. The van der Waals surface area contributed by atoms with Gasteiger partial charge in [0.1, 0.15) is 5.82 Å². The van der Waals surface area contributed by atoms with Crippen LogP contribution in [0.25, 0.3) is 10.9 Å². The number of rotatable bonds is 6. The van der Waals surface area contributed by atoms with E-state index in [4.69, 9.17) is 0 Å². The summed E-state index contributed by atoms with van der Waals surface area (Å²) in [7, 11) is 2.00. The molecule has 0 spiro atoms. The number of aryl methyl sites for hydroxylation is 1. The lowest BCUT2D eigenvalue weighted by molar-refractivity contribution is 0.0963. The molecule has 28 heavy (non-hydrogen) atoms. The molecule has 1 aromatic heterocycles. The molecular weight excluding hydrogens is 350 g/mol. The van der Waals surface area contributed by atoms with Crippen LogP contribution < -0.4 is 0 Å². The van der Waals surface area contributed by atoms with Crippen molar-refractivity contribution in [2.24, 2.45) is 13.0 Å². The minimum atomic E-state index is -0.182. The lowest BCUT2D eigenvalue weighted by atomic mass is 9.90. The van der Waals surface area contributed by atoms with Gasteiger partial charge >= 0.3 is 0 Å². The van der Waals surface area contributed by atoms with Gasteiger partial charge in [0.25, 0.3) is 0 Å². The van der Waals surface area contributed by atoms with Gasteiger partial charge in [0, 0.05) is 42.7 Å². The summed E-state index contributed by atoms with van der Waals surface area (Å²) in [6.45, 7) is 2.97. The first-order valence-electron chi connectivity index (χ1n) is 10.1. The van der Waals surface area contributed by atoms with E-state index in [1.54, 1.807) is 0 Å². The standard InChI is InChI=1S/C24H27FN2O/c1-26-17-22(21-4-2-3-5-23(21)26)24(28)11-8-18-12-14-27(15-13-18)16-19-6-9-20(25)10-7-19/h2-7,9-10,17-18H,8,11-16H2,1H3/i25-1. The summed E-state index contributed by atoms with van der Waals surface area (Å²) in [5.41, 5.74) is 3.12. The number of halogens is 1. The number of likely N-dealkylation sites (tertiary alicyclic amines) is 1. The van der Waals surface area contributed by atoms with Gasteiger partial charge in [-0.1, -0.05) is 30.3 Å². The quantitative estimate of drug-likeness (QED) is 0.552. The van der Waals surface area contributed by atoms with Crippen LogP contribution in [0.2, 0.25) is 0 Å². The summed E-state index contributed by atoms with van der Waals surface area (Å²) in [5, 5.41) is 1.06. The molecule has 0 bridgehead atoms. The van der Waals surface area contributed by atoms with E-state index in [1.807, 2.05) is 48.1 Å². The van der Waals surface area contributed by atoms with Crippen LogP contribution in [0.1, 0.15) is 41.6 Å². The number of aromatic nitrogens is 1. The van der Waals surface area contributed by atoms with Crippen LogP contribution in [0.4, 0.5) is 4.39 Å². The zero-order chi connectivity index (χ0) is 19.5. The van der Waals surface area contributed by atoms with E-state index < -0.39 is 0 Å². The molecule has 0 atom stereocenters. The number of carbonyl (C=O) groups is 1. The summed E-state index contributed by atoms with van der Waals surface area (Å²) >= 11 is 0. The number of ketones is 1. The molecule has 0 saturated carbocycles. The number of benzene rings is 2. The van der Waals surface area contributed by atoms with E-state index in [0.29, 0.717) is 12.3 Å². The predicted molar refractivity (Wildman–Crippen MR) is 111 cm³/mol. The average Bonchev–Trinajstić information content (AvgIpc) is 3.06. The van der Waals surface area contributed by atoms with E-state index >= 15 is 0 Å². The Labute approximate surface area is 165 Å². The minimum Gasteiger partial charge on any atom is -0.350 e. The van der Waals surface area contributed by atoms with Gasteiger partial charge in [0.15, 0.2) is 5.78 Å². The zero-order valence-electron chi connectivity index (χ0n) is 16.4. The Morgan fingerprint density at radius 2 is 1.79 bits per heavy atom. The van der Waals surface area contributed by atoms with Crippen molar-refractivity contribution in [3.63, 3.8) is 0 Å². The average molecular weight is 377 g/mol. The van der Waals surface area contributed by atoms with Crippen molar-refractivity contribution in [2.45, 2.75) is 32.2 Å². The Hall–Kier alpha value is -2.46. The number of hydrogen-bond acceptors (Lipinski definition) is 2. The van der Waals surface area contributed by atoms with Gasteiger partial charge in [-0.05, 0) is 62.0 Å². The third-order valence-electron chi connectivity index (χ3n) is 6.00. The van der Waals surface area contributed by atoms with Gasteiger partial charge in [-0.3, -0.25) is 9.69 Å². The Kier molecular flexibility index (Phi) is 5.58. The largest absolute Gasteiger partial charge is 0.350 e. The third-order valence-corrected chi connectivity index (χ3v) is 6.00. The summed E-state index contributed by atoms with van der Waals surface area (Å²) < 4.78 is 15.1. The SMILES string of the molecule is Cn1cc(C(=O)CCC2CCN(Cc3ccc([18F])cc3)CC2)c2ccccc21. The first-order chi connectivity index (χ1) is 13.6. The van der Waals surface area contributed by atoms with Crippen molar-refractivity contribution in [1.82, 2.24) is 9.47 Å². The molecule has 1 aliphatic rings. The van der Waals surface area contributed by atoms with E-state index in [1.165, 1.54) is 12.1 Å². The van der Waals surface area contributed by atoms with Crippen molar-refractivity contribution in [2.75, 3.05) is 13.1 Å². The number of fused-ring (bicyclic) bond motifs is 1. The molecule has 0 radical (unpaired) electrons.